The molecule has 1 fully saturated rings. The summed E-state index contributed by atoms with van der Waals surface area (Å²) in [6, 6.07) is 13.7. The summed E-state index contributed by atoms with van der Waals surface area (Å²) in [7, 11) is 1.52. The van der Waals surface area contributed by atoms with Crippen molar-refractivity contribution in [2.45, 2.75) is 91.2 Å². The fourth-order valence-corrected chi connectivity index (χ4v) is 7.16. The Hall–Kier alpha value is -5.44. The van der Waals surface area contributed by atoms with Gasteiger partial charge in [-0.15, -0.1) is 0 Å². The molecule has 12 nitrogen and oxygen atoms in total. The number of anilines is 2. The molecule has 1 atom stereocenters. The lowest BCUT2D eigenvalue weighted by Gasteiger charge is -2.24. The van der Waals surface area contributed by atoms with E-state index in [1.807, 2.05) is 13.8 Å². The van der Waals surface area contributed by atoms with Crippen LogP contribution in [0.5, 0.6) is 23.0 Å². The van der Waals surface area contributed by atoms with Crippen molar-refractivity contribution in [2.75, 3.05) is 30.1 Å². The average Bonchev–Trinajstić information content (AvgIpc) is 4.00. The number of pyridine rings is 1. The molecule has 5 rings (SSSR count). The van der Waals surface area contributed by atoms with Crippen LogP contribution in [0.3, 0.4) is 0 Å². The Morgan fingerprint density at radius 3 is 2.12 bits per heavy atom. The number of unbranched alkanes of at least 4 members (excludes halogenated alkanes) is 4. The Balaban J connectivity index is 1.08. The first-order valence-electron chi connectivity index (χ1n) is 19.7. The quantitative estimate of drug-likeness (QED) is 0.0615. The number of carbonyl (C=O) groups is 4. The number of alkyl carbamates (subject to hydrolysis) is 1. The highest BCUT2D eigenvalue weighted by atomic mass is 32.2. The molecule has 316 valence electrons. The van der Waals surface area contributed by atoms with E-state index in [4.69, 9.17) is 18.9 Å². The van der Waals surface area contributed by atoms with Gasteiger partial charge in [-0.3, -0.25) is 19.4 Å². The summed E-state index contributed by atoms with van der Waals surface area (Å²) in [6.45, 7) is 9.57. The molecule has 0 radical (unpaired) electrons. The zero-order chi connectivity index (χ0) is 42.7. The van der Waals surface area contributed by atoms with Gasteiger partial charge >= 0.3 is 6.09 Å². The number of ether oxygens (including phenoxy) is 4. The number of nitrogens with zero attached hydrogens (tertiary/aromatic N) is 1. The molecule has 3 N–H and O–H groups in total. The lowest BCUT2D eigenvalue weighted by molar-refractivity contribution is -0.131. The van der Waals surface area contributed by atoms with E-state index in [2.05, 4.69) is 20.9 Å². The summed E-state index contributed by atoms with van der Waals surface area (Å²) >= 11 is 1.24. The minimum atomic E-state index is -1.30. The minimum Gasteiger partial charge on any atom is -0.493 e. The number of hydrogen-bond acceptors (Lipinski definition) is 10. The standard InChI is InChI=1S/C44H52F2N4O8S/c1-27(2)38(50-42(54)58-43(3,4)5)39(51)59-23-11-9-7-8-10-22-56-37-26-33-31(25-36(37)55-6)34(18-21-47-33)57-35-17-16-30(24-32(35)46)49-41(53)44(19-20-44)40(52)48-29-14-12-28(45)13-15-29/h12-18,21,24-27,38H,7-11,19-20,22-23H2,1-6H3,(H,48,52)(H,49,53)(H,50,54)/t38-/m0/s1. The van der Waals surface area contributed by atoms with Gasteiger partial charge in [0, 0.05) is 40.8 Å². The van der Waals surface area contributed by atoms with Crippen molar-refractivity contribution >= 4 is 57.1 Å². The van der Waals surface area contributed by atoms with Crippen molar-refractivity contribution in [3.05, 3.63) is 78.5 Å². The molecule has 0 bridgehead atoms. The summed E-state index contributed by atoms with van der Waals surface area (Å²) in [5.41, 5.74) is -0.879. The molecule has 3 aromatic carbocycles. The van der Waals surface area contributed by atoms with E-state index in [0.29, 0.717) is 59.0 Å². The van der Waals surface area contributed by atoms with E-state index in [1.165, 1.54) is 55.3 Å². The third kappa shape index (κ3) is 12.5. The summed E-state index contributed by atoms with van der Waals surface area (Å²) < 4.78 is 51.6. The summed E-state index contributed by atoms with van der Waals surface area (Å²) in [6.07, 6.45) is 6.13. The number of hydrogen-bond donors (Lipinski definition) is 3. The minimum absolute atomic E-state index is 0.0607. The molecule has 1 aliphatic rings. The molecule has 0 aliphatic heterocycles. The number of rotatable bonds is 19. The lowest BCUT2D eigenvalue weighted by Crippen LogP contribution is -2.45. The maximum absolute atomic E-state index is 15.4. The van der Waals surface area contributed by atoms with Crippen molar-refractivity contribution < 1.29 is 46.9 Å². The average molecular weight is 835 g/mol. The van der Waals surface area contributed by atoms with Gasteiger partial charge in [0.2, 0.25) is 16.9 Å². The van der Waals surface area contributed by atoms with Gasteiger partial charge in [0.1, 0.15) is 28.6 Å². The number of amides is 3. The molecular weight excluding hydrogens is 783 g/mol. The number of aromatic nitrogens is 1. The van der Waals surface area contributed by atoms with Crippen LogP contribution in [0, 0.1) is 23.0 Å². The maximum Gasteiger partial charge on any atom is 0.408 e. The van der Waals surface area contributed by atoms with E-state index in [0.717, 1.165) is 38.2 Å². The smallest absolute Gasteiger partial charge is 0.408 e. The molecule has 15 heteroatoms. The molecule has 59 heavy (non-hydrogen) atoms. The third-order valence-electron chi connectivity index (χ3n) is 9.50. The summed E-state index contributed by atoms with van der Waals surface area (Å²) in [5, 5.41) is 8.49. The van der Waals surface area contributed by atoms with Gasteiger partial charge in [-0.1, -0.05) is 44.9 Å². The van der Waals surface area contributed by atoms with Crippen molar-refractivity contribution in [1.82, 2.24) is 10.3 Å². The monoisotopic (exact) mass is 834 g/mol. The number of nitrogens with one attached hydrogen (secondary N) is 3. The summed E-state index contributed by atoms with van der Waals surface area (Å²) in [5.74, 6) is -0.471. The van der Waals surface area contributed by atoms with Gasteiger partial charge in [0.05, 0.1) is 19.2 Å². The van der Waals surface area contributed by atoms with Gasteiger partial charge in [0.25, 0.3) is 0 Å². The zero-order valence-corrected chi connectivity index (χ0v) is 35.1. The van der Waals surface area contributed by atoms with E-state index >= 15 is 4.39 Å². The van der Waals surface area contributed by atoms with E-state index in [1.54, 1.807) is 45.2 Å². The van der Waals surface area contributed by atoms with E-state index < -0.39 is 46.6 Å². The van der Waals surface area contributed by atoms with Gasteiger partial charge in [-0.2, -0.15) is 0 Å². The number of thioether (sulfide) groups is 1. The topological polar surface area (TPSA) is 154 Å². The Bertz CT molecular complexity index is 2120. The second-order valence-corrected chi connectivity index (χ2v) is 16.8. The van der Waals surface area contributed by atoms with Crippen molar-refractivity contribution in [2.24, 2.45) is 11.3 Å². The Morgan fingerprint density at radius 1 is 0.814 bits per heavy atom. The highest BCUT2D eigenvalue weighted by Crippen LogP contribution is 2.48. The number of benzene rings is 3. The van der Waals surface area contributed by atoms with Gasteiger partial charge in [0.15, 0.2) is 23.1 Å². The second-order valence-electron chi connectivity index (χ2n) is 15.7. The molecule has 0 spiro atoms. The predicted molar refractivity (Wildman–Crippen MR) is 224 cm³/mol. The number of carbonyl (C=O) groups excluding carboxylic acids is 4. The van der Waals surface area contributed by atoms with Crippen LogP contribution in [0.2, 0.25) is 0 Å². The van der Waals surface area contributed by atoms with Crippen LogP contribution >= 0.6 is 11.8 Å². The van der Waals surface area contributed by atoms with Gasteiger partial charge in [-0.05, 0) is 101 Å². The van der Waals surface area contributed by atoms with Crippen LogP contribution in [0.4, 0.5) is 25.0 Å². The molecular formula is C44H52F2N4O8S. The van der Waals surface area contributed by atoms with Gasteiger partial charge < -0.3 is 34.9 Å². The molecule has 4 aromatic rings. The van der Waals surface area contributed by atoms with E-state index in [9.17, 15) is 23.6 Å². The zero-order valence-electron chi connectivity index (χ0n) is 34.2. The largest absolute Gasteiger partial charge is 0.493 e. The predicted octanol–water partition coefficient (Wildman–Crippen LogP) is 9.81. The number of methoxy groups -OCH3 is 1. The number of fused-ring (bicyclic) bond motifs is 1. The van der Waals surface area contributed by atoms with Crippen molar-refractivity contribution in [1.29, 1.82) is 0 Å². The fourth-order valence-electron chi connectivity index (χ4n) is 6.10. The summed E-state index contributed by atoms with van der Waals surface area (Å²) in [4.78, 5) is 55.5. The lowest BCUT2D eigenvalue weighted by atomic mass is 10.0. The SMILES string of the molecule is COc1cc2c(Oc3ccc(NC(=O)C4(C(=O)Nc5ccc(F)cc5)CC4)cc3F)ccnc2cc1OCCCCCCCSC(=O)[C@@H](NC(=O)OC(C)(C)C)C(C)C. The first-order valence-corrected chi connectivity index (χ1v) is 20.7. The van der Waals surface area contributed by atoms with Gasteiger partial charge in [-0.25, -0.2) is 13.6 Å². The molecule has 1 heterocycles. The highest BCUT2D eigenvalue weighted by molar-refractivity contribution is 8.13. The third-order valence-corrected chi connectivity index (χ3v) is 10.5. The second kappa shape index (κ2) is 20.0. The van der Waals surface area contributed by atoms with Crippen LogP contribution in [0.1, 0.15) is 79.6 Å². The van der Waals surface area contributed by atoms with Crippen LogP contribution in [0.15, 0.2) is 66.9 Å². The molecule has 1 aliphatic carbocycles. The van der Waals surface area contributed by atoms with Crippen LogP contribution < -0.4 is 30.2 Å². The maximum atomic E-state index is 15.4. The first kappa shape index (κ1) is 44.7. The molecule has 0 saturated heterocycles. The highest BCUT2D eigenvalue weighted by Gasteiger charge is 2.56. The Kier molecular flexibility index (Phi) is 15.1. The molecule has 1 saturated carbocycles. The number of halogens is 2. The van der Waals surface area contributed by atoms with Crippen molar-refractivity contribution in [3.63, 3.8) is 0 Å². The fraction of sp³-hybridized carbons (Fsp3) is 0.432. The normalized spacial score (nSPS) is 13.6. The van der Waals surface area contributed by atoms with Crippen LogP contribution in [0.25, 0.3) is 10.9 Å². The Labute approximate surface area is 347 Å². The van der Waals surface area contributed by atoms with E-state index in [-0.39, 0.29) is 22.5 Å². The molecule has 3 amide bonds. The van der Waals surface area contributed by atoms with Crippen LogP contribution in [-0.2, 0) is 19.1 Å². The molecule has 1 aromatic heterocycles. The van der Waals surface area contributed by atoms with Crippen molar-refractivity contribution in [3.8, 4) is 23.0 Å². The first-order chi connectivity index (χ1) is 28.1. The molecule has 0 unspecified atom stereocenters. The van der Waals surface area contributed by atoms with Crippen LogP contribution in [-0.4, -0.2) is 59.1 Å². The Morgan fingerprint density at radius 2 is 1.47 bits per heavy atom.